The molecule has 0 aliphatic carbocycles. The van der Waals surface area contributed by atoms with Crippen LogP contribution in [0.5, 0.6) is 0 Å². The number of esters is 1. The van der Waals surface area contributed by atoms with Crippen LogP contribution in [0, 0.1) is 17.5 Å². The monoisotopic (exact) mass is 231 g/mol. The Hall–Kier alpha value is -2.14. The molecule has 0 aliphatic rings. The van der Waals surface area contributed by atoms with Crippen molar-refractivity contribution in [1.29, 1.82) is 0 Å². The van der Waals surface area contributed by atoms with Gasteiger partial charge in [-0.2, -0.15) is 4.99 Å². The summed E-state index contributed by atoms with van der Waals surface area (Å²) in [4.78, 5) is 23.9. The van der Waals surface area contributed by atoms with Gasteiger partial charge in [-0.05, 0) is 0 Å². The van der Waals surface area contributed by atoms with Gasteiger partial charge in [-0.25, -0.2) is 22.8 Å². The van der Waals surface area contributed by atoms with Gasteiger partial charge in [0.2, 0.25) is 6.08 Å². The molecule has 1 aromatic rings. The third-order valence-electron chi connectivity index (χ3n) is 1.70. The topological polar surface area (TPSA) is 55.7 Å². The summed E-state index contributed by atoms with van der Waals surface area (Å²) in [5.74, 6) is -6.45. The minimum Gasteiger partial charge on any atom is -0.465 e. The van der Waals surface area contributed by atoms with Crippen molar-refractivity contribution < 1.29 is 27.5 Å². The third kappa shape index (κ3) is 1.94. The average Bonchev–Trinajstić information content (AvgIpc) is 2.26. The van der Waals surface area contributed by atoms with E-state index in [0.29, 0.717) is 6.07 Å². The van der Waals surface area contributed by atoms with Crippen molar-refractivity contribution in [1.82, 2.24) is 0 Å². The first kappa shape index (κ1) is 11.9. The molecule has 0 N–H and O–H groups in total. The Morgan fingerprint density at radius 3 is 2.50 bits per heavy atom. The predicted molar refractivity (Wildman–Crippen MR) is 45.4 cm³/mol. The van der Waals surface area contributed by atoms with Crippen molar-refractivity contribution in [3.63, 3.8) is 0 Å². The number of nitrogens with zero attached hydrogens (tertiary/aromatic N) is 1. The van der Waals surface area contributed by atoms with Crippen LogP contribution < -0.4 is 0 Å². The van der Waals surface area contributed by atoms with E-state index in [9.17, 15) is 22.8 Å². The number of benzene rings is 1. The van der Waals surface area contributed by atoms with Crippen LogP contribution in [0.25, 0.3) is 0 Å². The molecule has 0 fully saturated rings. The van der Waals surface area contributed by atoms with Crippen LogP contribution in [0.1, 0.15) is 10.4 Å². The van der Waals surface area contributed by atoms with Gasteiger partial charge in [0.25, 0.3) is 0 Å². The molecule has 1 aromatic carbocycles. The number of methoxy groups -OCH3 is 1. The van der Waals surface area contributed by atoms with Crippen LogP contribution in [0.15, 0.2) is 11.1 Å². The molecule has 7 heteroatoms. The summed E-state index contributed by atoms with van der Waals surface area (Å²) in [5, 5.41) is 0. The van der Waals surface area contributed by atoms with E-state index in [1.165, 1.54) is 0 Å². The number of hydrogen-bond donors (Lipinski definition) is 0. The van der Waals surface area contributed by atoms with Crippen molar-refractivity contribution in [3.05, 3.63) is 29.1 Å². The van der Waals surface area contributed by atoms with Crippen LogP contribution in [-0.2, 0) is 9.53 Å². The molecule has 0 bridgehead atoms. The highest BCUT2D eigenvalue weighted by Gasteiger charge is 2.24. The van der Waals surface area contributed by atoms with Gasteiger partial charge in [0.15, 0.2) is 17.5 Å². The molecule has 0 amide bonds. The van der Waals surface area contributed by atoms with E-state index in [1.54, 1.807) is 0 Å². The molecule has 0 heterocycles. The standard InChI is InChI=1S/C9H4F3NO3/c1-16-9(15)6-5(13-3-14)2-4(10)7(11)8(6)12/h2H,1H3. The first-order valence-corrected chi connectivity index (χ1v) is 3.86. The van der Waals surface area contributed by atoms with E-state index < -0.39 is 34.7 Å². The van der Waals surface area contributed by atoms with E-state index in [-0.39, 0.29) is 0 Å². The minimum absolute atomic E-state index is 0.398. The number of halogens is 3. The molecule has 16 heavy (non-hydrogen) atoms. The van der Waals surface area contributed by atoms with Crippen molar-refractivity contribution >= 4 is 17.7 Å². The first-order chi connectivity index (χ1) is 7.52. The number of carbonyl (C=O) groups is 1. The zero-order valence-corrected chi connectivity index (χ0v) is 7.88. The SMILES string of the molecule is COC(=O)c1c(N=C=O)cc(F)c(F)c1F. The molecule has 0 aliphatic heterocycles. The lowest BCUT2D eigenvalue weighted by atomic mass is 10.1. The van der Waals surface area contributed by atoms with Crippen LogP contribution in [0.3, 0.4) is 0 Å². The molecule has 0 saturated heterocycles. The van der Waals surface area contributed by atoms with Crippen LogP contribution >= 0.6 is 0 Å². The van der Waals surface area contributed by atoms with E-state index in [0.717, 1.165) is 13.2 Å². The number of aliphatic imine (C=N–C) groups is 1. The summed E-state index contributed by atoms with van der Waals surface area (Å²) in [6.07, 6.45) is 0.989. The molecular formula is C9H4F3NO3. The Morgan fingerprint density at radius 2 is 2.00 bits per heavy atom. The molecule has 0 saturated carbocycles. The fourth-order valence-electron chi connectivity index (χ4n) is 1.02. The number of ether oxygens (including phenoxy) is 1. The smallest absolute Gasteiger partial charge is 0.343 e. The fraction of sp³-hybridized carbons (Fsp3) is 0.111. The van der Waals surface area contributed by atoms with Crippen LogP contribution in [-0.4, -0.2) is 19.2 Å². The minimum atomic E-state index is -1.84. The van der Waals surface area contributed by atoms with Crippen molar-refractivity contribution in [3.8, 4) is 0 Å². The Morgan fingerprint density at radius 1 is 1.38 bits per heavy atom. The maximum atomic E-state index is 13.2. The lowest BCUT2D eigenvalue weighted by Gasteiger charge is -2.05. The molecule has 0 radical (unpaired) electrons. The molecule has 1 rings (SSSR count). The second kappa shape index (κ2) is 4.59. The highest BCUT2D eigenvalue weighted by atomic mass is 19.2. The number of rotatable bonds is 2. The maximum Gasteiger partial charge on any atom is 0.343 e. The first-order valence-electron chi connectivity index (χ1n) is 3.86. The zero-order valence-electron chi connectivity index (χ0n) is 7.88. The van der Waals surface area contributed by atoms with Crippen molar-refractivity contribution in [2.24, 2.45) is 4.99 Å². The summed E-state index contributed by atoms with van der Waals surface area (Å²) in [7, 11) is 0.914. The van der Waals surface area contributed by atoms with E-state index >= 15 is 0 Å². The van der Waals surface area contributed by atoms with E-state index in [4.69, 9.17) is 0 Å². The Kier molecular flexibility index (Phi) is 3.42. The summed E-state index contributed by atoms with van der Waals surface area (Å²) in [6.45, 7) is 0. The summed E-state index contributed by atoms with van der Waals surface area (Å²) in [5.41, 5.74) is -1.64. The average molecular weight is 231 g/mol. The van der Waals surface area contributed by atoms with Gasteiger partial charge in [0.1, 0.15) is 5.56 Å². The Labute approximate surface area is 87.4 Å². The van der Waals surface area contributed by atoms with Gasteiger partial charge in [0.05, 0.1) is 12.8 Å². The number of carbonyl (C=O) groups excluding carboxylic acids is 2. The predicted octanol–water partition coefficient (Wildman–Crippen LogP) is 1.86. The van der Waals surface area contributed by atoms with Gasteiger partial charge in [-0.1, -0.05) is 0 Å². The summed E-state index contributed by atoms with van der Waals surface area (Å²) in [6, 6.07) is 0.398. The van der Waals surface area contributed by atoms with Crippen molar-refractivity contribution in [2.75, 3.05) is 7.11 Å². The highest BCUT2D eigenvalue weighted by molar-refractivity contribution is 5.95. The molecule has 0 aromatic heterocycles. The Balaban J connectivity index is 3.60. The number of hydrogen-bond acceptors (Lipinski definition) is 4. The molecule has 84 valence electrons. The van der Waals surface area contributed by atoms with Crippen LogP contribution in [0.4, 0.5) is 18.9 Å². The normalized spacial score (nSPS) is 9.50. The molecule has 0 spiro atoms. The summed E-state index contributed by atoms with van der Waals surface area (Å²) >= 11 is 0. The van der Waals surface area contributed by atoms with Gasteiger partial charge >= 0.3 is 5.97 Å². The highest BCUT2D eigenvalue weighted by Crippen LogP contribution is 2.26. The lowest BCUT2D eigenvalue weighted by Crippen LogP contribution is -2.08. The van der Waals surface area contributed by atoms with E-state index in [1.807, 2.05) is 0 Å². The van der Waals surface area contributed by atoms with Crippen LogP contribution in [0.2, 0.25) is 0 Å². The van der Waals surface area contributed by atoms with Gasteiger partial charge in [-0.3, -0.25) is 0 Å². The lowest BCUT2D eigenvalue weighted by molar-refractivity contribution is 0.0595. The second-order valence-corrected chi connectivity index (χ2v) is 2.58. The quantitative estimate of drug-likeness (QED) is 0.338. The van der Waals surface area contributed by atoms with Gasteiger partial charge < -0.3 is 4.74 Å². The largest absolute Gasteiger partial charge is 0.465 e. The fourth-order valence-corrected chi connectivity index (χ4v) is 1.02. The zero-order chi connectivity index (χ0) is 12.3. The third-order valence-corrected chi connectivity index (χ3v) is 1.70. The second-order valence-electron chi connectivity index (χ2n) is 2.58. The molecular weight excluding hydrogens is 227 g/mol. The van der Waals surface area contributed by atoms with E-state index in [2.05, 4.69) is 9.73 Å². The molecule has 0 atom stereocenters. The summed E-state index contributed by atoms with van der Waals surface area (Å²) < 4.78 is 42.9. The van der Waals surface area contributed by atoms with Crippen molar-refractivity contribution in [2.45, 2.75) is 0 Å². The van der Waals surface area contributed by atoms with Gasteiger partial charge in [-0.15, -0.1) is 0 Å². The maximum absolute atomic E-state index is 13.2. The number of isocyanates is 1. The van der Waals surface area contributed by atoms with Gasteiger partial charge in [0, 0.05) is 6.07 Å². The molecule has 0 unspecified atom stereocenters. The Bertz CT molecular complexity index is 495. The molecule has 4 nitrogen and oxygen atoms in total.